The van der Waals surface area contributed by atoms with Gasteiger partial charge in [0.1, 0.15) is 0 Å². The Morgan fingerprint density at radius 3 is 0.400 bits per heavy atom. The van der Waals surface area contributed by atoms with Crippen molar-refractivity contribution in [3.05, 3.63) is 0 Å². The quantitative estimate of drug-likeness (QED) is 0.511. The van der Waals surface area contributed by atoms with Crippen LogP contribution in [0.1, 0.15) is 0 Å². The average molecular weight is 224 g/mol. The van der Waals surface area contributed by atoms with E-state index in [2.05, 4.69) is 0 Å². The van der Waals surface area contributed by atoms with Crippen LogP contribution in [0.5, 0.6) is 0 Å². The van der Waals surface area contributed by atoms with E-state index in [1.54, 1.807) is 0 Å². The van der Waals surface area contributed by atoms with Crippen LogP contribution in [0.3, 0.4) is 0 Å². The maximum atomic E-state index is 0. The van der Waals surface area contributed by atoms with Crippen molar-refractivity contribution < 1.29 is 0 Å². The van der Waals surface area contributed by atoms with Gasteiger partial charge in [0.2, 0.25) is 0 Å². The summed E-state index contributed by atoms with van der Waals surface area (Å²) in [5.41, 5.74) is 0. The topological polar surface area (TPSA) is 0 Å². The first-order chi connectivity index (χ1) is 0. The molecule has 0 aromatic rings. The van der Waals surface area contributed by atoms with E-state index in [4.69, 9.17) is 0 Å². The molecule has 0 saturated carbocycles. The van der Waals surface area contributed by atoms with Gasteiger partial charge in [-0.25, -0.2) is 0 Å². The summed E-state index contributed by atoms with van der Waals surface area (Å²) < 4.78 is 0. The van der Waals surface area contributed by atoms with Crippen molar-refractivity contribution in [2.45, 2.75) is 0 Å². The van der Waals surface area contributed by atoms with Gasteiger partial charge in [0, 0.05) is 45.5 Å². The molecule has 0 aliphatic heterocycles. The van der Waals surface area contributed by atoms with Gasteiger partial charge in [-0.3, -0.25) is 0 Å². The first kappa shape index (κ1) is 45.0. The first-order valence-electron chi connectivity index (χ1n) is 0. The third kappa shape index (κ3) is 19.8. The minimum absolute atomic E-state index is 0. The predicted molar refractivity (Wildman–Crippen MR) is 47.3 cm³/mol. The molecule has 34 valence electrons. The normalized spacial score (nSPS) is 0. The second-order valence-electron chi connectivity index (χ2n) is 0. The second-order valence-corrected chi connectivity index (χ2v) is 0. The van der Waals surface area contributed by atoms with E-state index in [0.29, 0.717) is 0 Å². The van der Waals surface area contributed by atoms with E-state index in [-0.39, 0.29) is 99.5 Å². The number of hydrogen-bond donors (Lipinski definition) is 0. The van der Waals surface area contributed by atoms with Gasteiger partial charge in [-0.1, -0.05) is 0 Å². The summed E-state index contributed by atoms with van der Waals surface area (Å²) >= 11 is 0. The summed E-state index contributed by atoms with van der Waals surface area (Å²) in [6.07, 6.45) is 0. The van der Waals surface area contributed by atoms with Gasteiger partial charge in [0.25, 0.3) is 0 Å². The van der Waals surface area contributed by atoms with Crippen LogP contribution in [-0.2, 0) is 0 Å². The molecule has 5 heavy (non-hydrogen) atoms. The van der Waals surface area contributed by atoms with Crippen molar-refractivity contribution in [3.63, 3.8) is 0 Å². The summed E-state index contributed by atoms with van der Waals surface area (Å²) in [6.45, 7) is 0. The van der Waals surface area contributed by atoms with Crippen LogP contribution in [0.2, 0.25) is 0 Å². The molecule has 0 aromatic carbocycles. The molecule has 0 nitrogen and oxygen atoms in total. The van der Waals surface area contributed by atoms with Gasteiger partial charge < -0.3 is 0 Å². The summed E-state index contributed by atoms with van der Waals surface area (Å²) in [5.74, 6) is 0. The molecule has 0 fully saturated rings. The van der Waals surface area contributed by atoms with Crippen LogP contribution in [0.15, 0.2) is 0 Å². The summed E-state index contributed by atoms with van der Waals surface area (Å²) in [6, 6.07) is 0. The van der Waals surface area contributed by atoms with Crippen molar-refractivity contribution in [2.75, 3.05) is 0 Å². The summed E-state index contributed by atoms with van der Waals surface area (Å²) in [5, 5.41) is 0. The van der Waals surface area contributed by atoms with E-state index in [1.807, 2.05) is 0 Å². The minimum atomic E-state index is 0. The predicted octanol–water partition coefficient (Wildman–Crippen LogP) is 0.0704. The summed E-state index contributed by atoms with van der Waals surface area (Å²) in [7, 11) is 0. The van der Waals surface area contributed by atoms with E-state index < -0.39 is 0 Å². The second kappa shape index (κ2) is 28.7. The van der Waals surface area contributed by atoms with Crippen LogP contribution in [-0.4, -0.2) is 45.5 Å². The Kier molecular flexibility index (Phi) is 258. The van der Waals surface area contributed by atoms with Gasteiger partial charge in [0.15, 0.2) is 0 Å². The molecule has 0 heterocycles. The fourth-order valence-electron chi connectivity index (χ4n) is 0. The van der Waals surface area contributed by atoms with Crippen LogP contribution in [0.25, 0.3) is 0 Å². The maximum Gasteiger partial charge on any atom is 0 e. The molecule has 2 radical (unpaired) electrons. The standard InChI is InChI=1S/4H2S.Sr/h4*1H2;. The zero-order chi connectivity index (χ0) is 0. The van der Waals surface area contributed by atoms with Crippen molar-refractivity contribution >= 4 is 99.5 Å². The number of hydrogen-bond acceptors (Lipinski definition) is 0. The molecule has 0 saturated heterocycles. The molecule has 0 spiro atoms. The van der Waals surface area contributed by atoms with E-state index in [1.165, 1.54) is 0 Å². The zero-order valence-corrected chi connectivity index (χ0v) is 10.2. The Morgan fingerprint density at radius 2 is 0.400 bits per heavy atom. The minimum Gasteiger partial charge on any atom is -0.197 e. The third-order valence-corrected chi connectivity index (χ3v) is 0. The van der Waals surface area contributed by atoms with E-state index >= 15 is 0 Å². The maximum absolute atomic E-state index is 0. The molecule has 0 aliphatic rings. The molecule has 0 unspecified atom stereocenters. The average Bonchev–Trinajstić information content (AvgIpc) is 0. The molecule has 0 amide bonds. The molecular formula is H8S4Sr. The van der Waals surface area contributed by atoms with Gasteiger partial charge >= 0.3 is 0 Å². The Hall–Kier alpha value is 2.88. The van der Waals surface area contributed by atoms with Gasteiger partial charge in [-0.2, -0.15) is 54.0 Å². The Balaban J connectivity index is 0. The van der Waals surface area contributed by atoms with Crippen molar-refractivity contribution in [1.82, 2.24) is 0 Å². The molecule has 0 aromatic heterocycles. The van der Waals surface area contributed by atoms with Crippen LogP contribution < -0.4 is 0 Å². The Morgan fingerprint density at radius 1 is 0.400 bits per heavy atom. The monoisotopic (exact) mass is 224 g/mol. The zero-order valence-electron chi connectivity index (χ0n) is 2.71. The van der Waals surface area contributed by atoms with E-state index in [9.17, 15) is 0 Å². The van der Waals surface area contributed by atoms with Gasteiger partial charge in [-0.05, 0) is 0 Å². The van der Waals surface area contributed by atoms with Crippen molar-refractivity contribution in [2.24, 2.45) is 0 Å². The third-order valence-electron chi connectivity index (χ3n) is 0. The van der Waals surface area contributed by atoms with Gasteiger partial charge in [0.05, 0.1) is 0 Å². The van der Waals surface area contributed by atoms with Crippen LogP contribution >= 0.6 is 54.0 Å². The molecule has 5 heteroatoms. The molecule has 0 bridgehead atoms. The smallest absolute Gasteiger partial charge is 0 e. The SMILES string of the molecule is S.S.S.S.[Sr]. The van der Waals surface area contributed by atoms with Crippen LogP contribution in [0.4, 0.5) is 0 Å². The van der Waals surface area contributed by atoms with Crippen molar-refractivity contribution in [1.29, 1.82) is 0 Å². The Labute approximate surface area is 97.5 Å². The first-order valence-corrected chi connectivity index (χ1v) is 0. The molecule has 0 atom stereocenters. The molecule has 0 aliphatic carbocycles. The van der Waals surface area contributed by atoms with Crippen LogP contribution in [0, 0.1) is 0 Å². The molecule has 0 N–H and O–H groups in total. The summed E-state index contributed by atoms with van der Waals surface area (Å²) in [4.78, 5) is 0. The number of rotatable bonds is 0. The molecular weight excluding hydrogens is 216 g/mol. The fourth-order valence-corrected chi connectivity index (χ4v) is 0. The fraction of sp³-hybridized carbons (Fsp3) is 0. The van der Waals surface area contributed by atoms with E-state index in [0.717, 1.165) is 0 Å². The molecule has 0 rings (SSSR count). The Bertz CT molecular complexity index is 3.61. The van der Waals surface area contributed by atoms with Gasteiger partial charge in [-0.15, -0.1) is 0 Å². The largest absolute Gasteiger partial charge is 0.197 e. The van der Waals surface area contributed by atoms with Crippen molar-refractivity contribution in [3.8, 4) is 0 Å².